The smallest absolute Gasteiger partial charge is 0.164 e. The second-order valence-electron chi connectivity index (χ2n) is 11.0. The van der Waals surface area contributed by atoms with E-state index in [1.165, 1.54) is 0 Å². The molecule has 45 heavy (non-hydrogen) atoms. The fourth-order valence-electron chi connectivity index (χ4n) is 6.24. The second kappa shape index (κ2) is 10.2. The van der Waals surface area contributed by atoms with Crippen molar-refractivity contribution in [2.24, 2.45) is 0 Å². The van der Waals surface area contributed by atoms with Crippen LogP contribution in [0.1, 0.15) is 0 Å². The van der Waals surface area contributed by atoms with Gasteiger partial charge in [0.2, 0.25) is 0 Å². The van der Waals surface area contributed by atoms with E-state index in [2.05, 4.69) is 41.0 Å². The zero-order chi connectivity index (χ0) is 29.9. The summed E-state index contributed by atoms with van der Waals surface area (Å²) in [4.78, 5) is 14.8. The van der Waals surface area contributed by atoms with Crippen LogP contribution >= 0.6 is 11.6 Å². The molecule has 6 heteroatoms. The Morgan fingerprint density at radius 3 is 1.82 bits per heavy atom. The molecule has 0 aliphatic rings. The van der Waals surface area contributed by atoms with Crippen molar-refractivity contribution in [2.45, 2.75) is 0 Å². The maximum Gasteiger partial charge on any atom is 0.164 e. The average Bonchev–Trinajstić information content (AvgIpc) is 3.64. The molecule has 0 saturated carbocycles. The van der Waals surface area contributed by atoms with Crippen LogP contribution in [0.4, 0.5) is 0 Å². The molecule has 0 aliphatic heterocycles. The molecule has 9 rings (SSSR count). The molecule has 3 aromatic heterocycles. The summed E-state index contributed by atoms with van der Waals surface area (Å²) in [5, 5.41) is 5.02. The Balaban J connectivity index is 1.31. The third-order valence-electron chi connectivity index (χ3n) is 8.30. The zero-order valence-corrected chi connectivity index (χ0v) is 24.6. The van der Waals surface area contributed by atoms with Gasteiger partial charge in [-0.2, -0.15) is 0 Å². The molecular formula is C39H23ClN4O. The van der Waals surface area contributed by atoms with Gasteiger partial charge in [0.25, 0.3) is 0 Å². The number of rotatable bonds is 4. The van der Waals surface area contributed by atoms with E-state index in [0.717, 1.165) is 66.1 Å². The Bertz CT molecular complexity index is 2500. The minimum absolute atomic E-state index is 0.595. The first-order valence-electron chi connectivity index (χ1n) is 14.7. The normalized spacial score (nSPS) is 11.7. The van der Waals surface area contributed by atoms with Crippen molar-refractivity contribution in [3.8, 4) is 39.9 Å². The molecule has 0 atom stereocenters. The van der Waals surface area contributed by atoms with Crippen molar-refractivity contribution in [3.63, 3.8) is 0 Å². The van der Waals surface area contributed by atoms with E-state index >= 15 is 0 Å². The number of halogens is 1. The minimum Gasteiger partial charge on any atom is -0.454 e. The van der Waals surface area contributed by atoms with Gasteiger partial charge in [-0.15, -0.1) is 0 Å². The Morgan fingerprint density at radius 1 is 0.489 bits per heavy atom. The highest BCUT2D eigenvalue weighted by Crippen LogP contribution is 2.41. The average molecular weight is 599 g/mol. The monoisotopic (exact) mass is 598 g/mol. The number of furan rings is 1. The Hall–Kier alpha value is -5.78. The van der Waals surface area contributed by atoms with E-state index in [0.29, 0.717) is 22.5 Å². The van der Waals surface area contributed by atoms with Crippen LogP contribution in [0.15, 0.2) is 144 Å². The van der Waals surface area contributed by atoms with Gasteiger partial charge in [0.05, 0.1) is 11.0 Å². The molecule has 0 spiro atoms. The first kappa shape index (κ1) is 25.7. The standard InChI is InChI=1S/C39H23ClN4O/c40-27-18-19-29-31-20-21-32-30-16-7-8-17-34(30)45-36(32)35(31)44(33(29)23-27)28-15-9-14-26(22-28)39-42-37(24-10-3-1-4-11-24)41-38(43-39)25-12-5-2-6-13-25/h1-23H. The summed E-state index contributed by atoms with van der Waals surface area (Å²) in [5.74, 6) is 1.84. The van der Waals surface area contributed by atoms with E-state index in [4.69, 9.17) is 31.0 Å². The van der Waals surface area contributed by atoms with Crippen LogP contribution in [-0.4, -0.2) is 19.5 Å². The molecule has 0 fully saturated rings. The van der Waals surface area contributed by atoms with Gasteiger partial charge in [0.1, 0.15) is 5.58 Å². The summed E-state index contributed by atoms with van der Waals surface area (Å²) in [7, 11) is 0. The van der Waals surface area contributed by atoms with Crippen LogP contribution in [0, 0.1) is 0 Å². The van der Waals surface area contributed by atoms with Crippen LogP contribution in [0.3, 0.4) is 0 Å². The summed E-state index contributed by atoms with van der Waals surface area (Å²) >= 11 is 6.60. The van der Waals surface area contributed by atoms with Gasteiger partial charge in [-0.05, 0) is 36.4 Å². The van der Waals surface area contributed by atoms with E-state index in [1.807, 2.05) is 103 Å². The van der Waals surface area contributed by atoms with Crippen LogP contribution in [0.2, 0.25) is 5.02 Å². The predicted molar refractivity (Wildman–Crippen MR) is 183 cm³/mol. The first-order valence-corrected chi connectivity index (χ1v) is 15.1. The highest BCUT2D eigenvalue weighted by molar-refractivity contribution is 6.32. The third-order valence-corrected chi connectivity index (χ3v) is 8.53. The van der Waals surface area contributed by atoms with Crippen molar-refractivity contribution in [1.29, 1.82) is 0 Å². The first-order chi connectivity index (χ1) is 22.2. The maximum atomic E-state index is 6.60. The van der Waals surface area contributed by atoms with Gasteiger partial charge >= 0.3 is 0 Å². The molecule has 0 bridgehead atoms. The van der Waals surface area contributed by atoms with Crippen molar-refractivity contribution in [2.75, 3.05) is 0 Å². The lowest BCUT2D eigenvalue weighted by Crippen LogP contribution is -2.01. The molecule has 3 heterocycles. The Labute approximate surface area is 263 Å². The number of aromatic nitrogens is 4. The molecule has 9 aromatic rings. The number of para-hydroxylation sites is 1. The maximum absolute atomic E-state index is 6.60. The molecule has 5 nitrogen and oxygen atoms in total. The number of hydrogen-bond donors (Lipinski definition) is 0. The van der Waals surface area contributed by atoms with Crippen molar-refractivity contribution >= 4 is 55.3 Å². The van der Waals surface area contributed by atoms with Crippen molar-refractivity contribution in [1.82, 2.24) is 19.5 Å². The summed E-state index contributed by atoms with van der Waals surface area (Å²) in [5.41, 5.74) is 7.36. The topological polar surface area (TPSA) is 56.7 Å². The van der Waals surface area contributed by atoms with Gasteiger partial charge in [-0.25, -0.2) is 15.0 Å². The molecule has 0 saturated heterocycles. The fourth-order valence-corrected chi connectivity index (χ4v) is 6.41. The van der Waals surface area contributed by atoms with Crippen molar-refractivity contribution < 1.29 is 4.42 Å². The summed E-state index contributed by atoms with van der Waals surface area (Å²) in [6.07, 6.45) is 0. The summed E-state index contributed by atoms with van der Waals surface area (Å²) < 4.78 is 8.78. The highest BCUT2D eigenvalue weighted by atomic mass is 35.5. The molecule has 6 aromatic carbocycles. The largest absolute Gasteiger partial charge is 0.454 e. The van der Waals surface area contributed by atoms with Crippen molar-refractivity contribution in [3.05, 3.63) is 145 Å². The van der Waals surface area contributed by atoms with E-state index in [1.54, 1.807) is 0 Å². The molecule has 0 amide bonds. The third kappa shape index (κ3) is 4.20. The predicted octanol–water partition coefficient (Wildman–Crippen LogP) is 10.5. The molecular weight excluding hydrogens is 576 g/mol. The van der Waals surface area contributed by atoms with E-state index in [-0.39, 0.29) is 0 Å². The van der Waals surface area contributed by atoms with Crippen LogP contribution < -0.4 is 0 Å². The highest BCUT2D eigenvalue weighted by Gasteiger charge is 2.20. The number of nitrogens with zero attached hydrogens (tertiary/aromatic N) is 4. The van der Waals surface area contributed by atoms with Gasteiger partial charge in [0.15, 0.2) is 23.1 Å². The number of fused-ring (bicyclic) bond motifs is 7. The minimum atomic E-state index is 0.595. The Kier molecular flexibility index (Phi) is 5.80. The number of benzene rings is 6. The Morgan fingerprint density at radius 2 is 1.09 bits per heavy atom. The SMILES string of the molecule is Clc1ccc2c3ccc4c5ccccc5oc4c3n(-c3cccc(-c4nc(-c5ccccc5)nc(-c5ccccc5)n4)c3)c2c1. The second-order valence-corrected chi connectivity index (χ2v) is 11.5. The molecule has 0 N–H and O–H groups in total. The molecule has 212 valence electrons. The van der Waals surface area contributed by atoms with Crippen LogP contribution in [0.5, 0.6) is 0 Å². The molecule has 0 unspecified atom stereocenters. The van der Waals surface area contributed by atoms with Gasteiger partial charge in [0, 0.05) is 48.9 Å². The van der Waals surface area contributed by atoms with E-state index in [9.17, 15) is 0 Å². The lowest BCUT2D eigenvalue weighted by molar-refractivity contribution is 0.671. The summed E-state index contributed by atoms with van der Waals surface area (Å²) in [6, 6.07) is 46.9. The lowest BCUT2D eigenvalue weighted by Gasteiger charge is -2.12. The van der Waals surface area contributed by atoms with E-state index < -0.39 is 0 Å². The summed E-state index contributed by atoms with van der Waals surface area (Å²) in [6.45, 7) is 0. The molecule has 0 aliphatic carbocycles. The van der Waals surface area contributed by atoms with Crippen LogP contribution in [0.25, 0.3) is 83.6 Å². The number of hydrogen-bond acceptors (Lipinski definition) is 4. The van der Waals surface area contributed by atoms with Gasteiger partial charge in [-0.3, -0.25) is 0 Å². The van der Waals surface area contributed by atoms with Crippen LogP contribution in [-0.2, 0) is 0 Å². The quantitative estimate of drug-likeness (QED) is 0.202. The fraction of sp³-hybridized carbons (Fsp3) is 0. The van der Waals surface area contributed by atoms with Gasteiger partial charge in [-0.1, -0.05) is 115 Å². The zero-order valence-electron chi connectivity index (χ0n) is 23.9. The molecule has 0 radical (unpaired) electrons. The van der Waals surface area contributed by atoms with Gasteiger partial charge < -0.3 is 8.98 Å². The lowest BCUT2D eigenvalue weighted by atomic mass is 10.1.